The zero-order valence-corrected chi connectivity index (χ0v) is 9.53. The van der Waals surface area contributed by atoms with E-state index in [0.29, 0.717) is 15.6 Å². The molecule has 0 amide bonds. The molecule has 0 saturated carbocycles. The summed E-state index contributed by atoms with van der Waals surface area (Å²) in [6, 6.07) is 5.02. The van der Waals surface area contributed by atoms with Gasteiger partial charge >= 0.3 is 0 Å². The van der Waals surface area contributed by atoms with Crippen LogP contribution < -0.4 is 5.14 Å². The molecule has 2 N–H and O–H groups in total. The summed E-state index contributed by atoms with van der Waals surface area (Å²) < 4.78 is 21.4. The zero-order chi connectivity index (χ0) is 10.8. The van der Waals surface area contributed by atoms with Gasteiger partial charge in [0.15, 0.2) is 0 Å². The quantitative estimate of drug-likeness (QED) is 0.894. The van der Waals surface area contributed by atoms with E-state index in [4.69, 9.17) is 28.3 Å². The Balaban J connectivity index is 2.87. The largest absolute Gasteiger partial charge is 0.229 e. The van der Waals surface area contributed by atoms with E-state index in [0.717, 1.165) is 0 Å². The Morgan fingerprint density at radius 1 is 1.21 bits per heavy atom. The van der Waals surface area contributed by atoms with E-state index >= 15 is 0 Å². The van der Waals surface area contributed by atoms with Crippen molar-refractivity contribution >= 4 is 33.2 Å². The minimum atomic E-state index is -3.47. The number of hydrogen-bond acceptors (Lipinski definition) is 2. The molecule has 78 valence electrons. The molecule has 14 heavy (non-hydrogen) atoms. The van der Waals surface area contributed by atoms with E-state index in [1.54, 1.807) is 18.2 Å². The van der Waals surface area contributed by atoms with Gasteiger partial charge in [-0.2, -0.15) is 0 Å². The Kier molecular flexibility index (Phi) is 3.78. The van der Waals surface area contributed by atoms with Gasteiger partial charge in [0.1, 0.15) is 0 Å². The first-order valence-corrected chi connectivity index (χ1v) is 6.30. The third-order valence-corrected chi connectivity index (χ3v) is 3.18. The highest BCUT2D eigenvalue weighted by Crippen LogP contribution is 2.24. The average molecular weight is 254 g/mol. The molecule has 1 rings (SSSR count). The molecule has 1 aromatic carbocycles. The van der Waals surface area contributed by atoms with Crippen LogP contribution >= 0.6 is 23.2 Å². The van der Waals surface area contributed by atoms with Gasteiger partial charge in [0.25, 0.3) is 0 Å². The molecule has 0 fully saturated rings. The molecular weight excluding hydrogens is 245 g/mol. The molecule has 1 aromatic rings. The van der Waals surface area contributed by atoms with Crippen LogP contribution in [0.2, 0.25) is 10.0 Å². The summed E-state index contributed by atoms with van der Waals surface area (Å²) in [5.41, 5.74) is 0.616. The summed E-state index contributed by atoms with van der Waals surface area (Å²) in [5, 5.41) is 5.79. The molecule has 0 spiro atoms. The smallest absolute Gasteiger partial charge is 0.209 e. The molecule has 6 heteroatoms. The molecule has 0 heterocycles. The first-order chi connectivity index (χ1) is 6.40. The number of rotatable bonds is 3. The molecule has 0 radical (unpaired) electrons. The lowest BCUT2D eigenvalue weighted by atomic mass is 10.2. The maximum atomic E-state index is 10.7. The maximum absolute atomic E-state index is 10.7. The van der Waals surface area contributed by atoms with E-state index < -0.39 is 10.0 Å². The number of benzene rings is 1. The third kappa shape index (κ3) is 3.46. The van der Waals surface area contributed by atoms with Crippen LogP contribution in [-0.4, -0.2) is 14.2 Å². The van der Waals surface area contributed by atoms with E-state index in [9.17, 15) is 8.42 Å². The summed E-state index contributed by atoms with van der Waals surface area (Å²) in [6.45, 7) is 0. The molecular formula is C8H9Cl2NO2S. The van der Waals surface area contributed by atoms with E-state index in [2.05, 4.69) is 0 Å². The van der Waals surface area contributed by atoms with Crippen LogP contribution in [0, 0.1) is 0 Å². The highest BCUT2D eigenvalue weighted by Gasteiger charge is 2.09. The predicted molar refractivity (Wildman–Crippen MR) is 58.1 cm³/mol. The van der Waals surface area contributed by atoms with Crippen LogP contribution in [0.5, 0.6) is 0 Å². The topological polar surface area (TPSA) is 60.2 Å². The first kappa shape index (κ1) is 11.8. The van der Waals surface area contributed by atoms with Gasteiger partial charge in [-0.15, -0.1) is 0 Å². The number of sulfonamides is 1. The van der Waals surface area contributed by atoms with Gasteiger partial charge in [0, 0.05) is 10.0 Å². The Hall–Kier alpha value is -0.290. The molecule has 0 unspecified atom stereocenters. The van der Waals surface area contributed by atoms with Crippen molar-refractivity contribution in [3.8, 4) is 0 Å². The Labute approximate surface area is 92.9 Å². The van der Waals surface area contributed by atoms with Gasteiger partial charge in [-0.05, 0) is 24.1 Å². The van der Waals surface area contributed by atoms with Crippen molar-refractivity contribution in [1.29, 1.82) is 0 Å². The highest BCUT2D eigenvalue weighted by molar-refractivity contribution is 7.89. The molecule has 0 aliphatic rings. The Morgan fingerprint density at radius 3 is 2.14 bits per heavy atom. The van der Waals surface area contributed by atoms with Gasteiger partial charge < -0.3 is 0 Å². The van der Waals surface area contributed by atoms with Crippen LogP contribution in [0.1, 0.15) is 5.56 Å². The molecule has 0 atom stereocenters. The third-order valence-electron chi connectivity index (χ3n) is 1.70. The second-order valence-corrected chi connectivity index (χ2v) is 5.37. The minimum Gasteiger partial charge on any atom is -0.229 e. The van der Waals surface area contributed by atoms with Gasteiger partial charge in [0.05, 0.1) is 5.75 Å². The number of primary sulfonamides is 1. The molecule has 0 aliphatic heterocycles. The SMILES string of the molecule is NS(=O)(=O)CCc1c(Cl)cccc1Cl. The van der Waals surface area contributed by atoms with Crippen molar-refractivity contribution < 1.29 is 8.42 Å². The maximum Gasteiger partial charge on any atom is 0.209 e. The monoisotopic (exact) mass is 253 g/mol. The predicted octanol–water partition coefficient (Wildman–Crippen LogP) is 1.82. The summed E-state index contributed by atoms with van der Waals surface area (Å²) in [5.74, 6) is -0.156. The summed E-state index contributed by atoms with van der Waals surface area (Å²) in [4.78, 5) is 0. The minimum absolute atomic E-state index is 0.156. The van der Waals surface area contributed by atoms with Crippen LogP contribution in [-0.2, 0) is 16.4 Å². The Morgan fingerprint density at radius 2 is 1.71 bits per heavy atom. The second-order valence-electron chi connectivity index (χ2n) is 2.82. The number of halogens is 2. The van der Waals surface area contributed by atoms with Crippen molar-refractivity contribution in [3.63, 3.8) is 0 Å². The van der Waals surface area contributed by atoms with Crippen LogP contribution in [0.15, 0.2) is 18.2 Å². The molecule has 0 bridgehead atoms. The van der Waals surface area contributed by atoms with Crippen LogP contribution in [0.4, 0.5) is 0 Å². The van der Waals surface area contributed by atoms with Crippen molar-refractivity contribution in [2.75, 3.05) is 5.75 Å². The van der Waals surface area contributed by atoms with E-state index in [1.165, 1.54) is 0 Å². The lowest BCUT2D eigenvalue weighted by Gasteiger charge is -2.05. The lowest BCUT2D eigenvalue weighted by Crippen LogP contribution is -2.18. The van der Waals surface area contributed by atoms with Crippen molar-refractivity contribution in [3.05, 3.63) is 33.8 Å². The standard InChI is InChI=1S/C8H9Cl2NO2S/c9-7-2-1-3-8(10)6(7)4-5-14(11,12)13/h1-3H,4-5H2,(H2,11,12,13). The summed E-state index contributed by atoms with van der Waals surface area (Å²) in [7, 11) is -3.47. The van der Waals surface area contributed by atoms with Gasteiger partial charge in [-0.25, -0.2) is 13.6 Å². The van der Waals surface area contributed by atoms with Crippen molar-refractivity contribution in [2.24, 2.45) is 5.14 Å². The second kappa shape index (κ2) is 4.49. The zero-order valence-electron chi connectivity index (χ0n) is 7.20. The highest BCUT2D eigenvalue weighted by atomic mass is 35.5. The van der Waals surface area contributed by atoms with E-state index in [1.807, 2.05) is 0 Å². The summed E-state index contributed by atoms with van der Waals surface area (Å²) >= 11 is 11.7. The normalized spacial score (nSPS) is 11.6. The first-order valence-electron chi connectivity index (χ1n) is 3.83. The van der Waals surface area contributed by atoms with Crippen molar-refractivity contribution in [2.45, 2.75) is 6.42 Å². The van der Waals surface area contributed by atoms with Gasteiger partial charge in [-0.3, -0.25) is 0 Å². The molecule has 0 saturated heterocycles. The van der Waals surface area contributed by atoms with Crippen molar-refractivity contribution in [1.82, 2.24) is 0 Å². The fraction of sp³-hybridized carbons (Fsp3) is 0.250. The molecule has 0 aromatic heterocycles. The number of hydrogen-bond donors (Lipinski definition) is 1. The summed E-state index contributed by atoms with van der Waals surface area (Å²) in [6.07, 6.45) is 0.233. The number of nitrogens with two attached hydrogens (primary N) is 1. The van der Waals surface area contributed by atoms with Gasteiger partial charge in [0.2, 0.25) is 10.0 Å². The fourth-order valence-corrected chi connectivity index (χ4v) is 2.09. The van der Waals surface area contributed by atoms with Gasteiger partial charge in [-0.1, -0.05) is 29.3 Å². The average Bonchev–Trinajstić information content (AvgIpc) is 2.01. The van der Waals surface area contributed by atoms with Crippen LogP contribution in [0.3, 0.4) is 0 Å². The fourth-order valence-electron chi connectivity index (χ4n) is 1.02. The molecule has 0 aliphatic carbocycles. The Bertz CT molecular complexity index is 411. The van der Waals surface area contributed by atoms with E-state index in [-0.39, 0.29) is 12.2 Å². The molecule has 3 nitrogen and oxygen atoms in total. The van der Waals surface area contributed by atoms with Crippen LogP contribution in [0.25, 0.3) is 0 Å². The lowest BCUT2D eigenvalue weighted by molar-refractivity contribution is 0.597.